The van der Waals surface area contributed by atoms with Crippen molar-refractivity contribution >= 4 is 5.91 Å². The number of amides is 1. The zero-order valence-corrected chi connectivity index (χ0v) is 16.0. The third kappa shape index (κ3) is 3.60. The zero-order chi connectivity index (χ0) is 19.5. The van der Waals surface area contributed by atoms with Gasteiger partial charge in [-0.05, 0) is 35.4 Å². The van der Waals surface area contributed by atoms with Crippen molar-refractivity contribution in [3.05, 3.63) is 48.0 Å². The van der Waals surface area contributed by atoms with E-state index in [0.29, 0.717) is 12.4 Å². The molecule has 1 amide bonds. The Bertz CT molecular complexity index is 965. The van der Waals surface area contributed by atoms with Gasteiger partial charge in [-0.1, -0.05) is 12.5 Å². The first-order valence-electron chi connectivity index (χ1n) is 9.34. The summed E-state index contributed by atoms with van der Waals surface area (Å²) >= 11 is 0. The van der Waals surface area contributed by atoms with Crippen LogP contribution in [0, 0.1) is 0 Å². The maximum atomic E-state index is 13.0. The van der Waals surface area contributed by atoms with Crippen LogP contribution in [0.1, 0.15) is 36.6 Å². The van der Waals surface area contributed by atoms with Crippen LogP contribution >= 0.6 is 0 Å². The number of methoxy groups -OCH3 is 1. The highest BCUT2D eigenvalue weighted by atomic mass is 16.5. The lowest BCUT2D eigenvalue weighted by molar-refractivity contribution is -0.132. The average molecular weight is 381 g/mol. The summed E-state index contributed by atoms with van der Waals surface area (Å²) < 4.78 is 8.80. The van der Waals surface area contributed by atoms with Crippen molar-refractivity contribution in [1.29, 1.82) is 0 Å². The summed E-state index contributed by atoms with van der Waals surface area (Å²) in [5.41, 5.74) is 1.86. The lowest BCUT2D eigenvalue weighted by Gasteiger charge is -2.21. The summed E-state index contributed by atoms with van der Waals surface area (Å²) in [5.74, 6) is 1.18. The maximum absolute atomic E-state index is 13.0. The topological polar surface area (TPSA) is 91.0 Å². The molecule has 3 heterocycles. The van der Waals surface area contributed by atoms with Crippen LogP contribution < -0.4 is 4.74 Å². The summed E-state index contributed by atoms with van der Waals surface area (Å²) in [6.45, 7) is 1.24. The molecule has 0 aliphatic carbocycles. The second-order valence-electron chi connectivity index (χ2n) is 7.00. The van der Waals surface area contributed by atoms with Crippen LogP contribution in [0.2, 0.25) is 0 Å². The van der Waals surface area contributed by atoms with Gasteiger partial charge in [0.25, 0.3) is 0 Å². The van der Waals surface area contributed by atoms with Gasteiger partial charge in [-0.25, -0.2) is 9.36 Å². The Morgan fingerprint density at radius 3 is 3.11 bits per heavy atom. The number of aryl methyl sites for hydroxylation is 1. The van der Waals surface area contributed by atoms with Crippen LogP contribution in [0.5, 0.6) is 5.75 Å². The Kier molecular flexibility index (Phi) is 5.05. The van der Waals surface area contributed by atoms with Crippen molar-refractivity contribution in [3.8, 4) is 11.4 Å². The summed E-state index contributed by atoms with van der Waals surface area (Å²) in [4.78, 5) is 14.8. The number of ether oxygens (including phenoxy) is 1. The highest BCUT2D eigenvalue weighted by Gasteiger charge is 2.30. The molecule has 4 rings (SSSR count). The Morgan fingerprint density at radius 1 is 1.36 bits per heavy atom. The van der Waals surface area contributed by atoms with Gasteiger partial charge in [0.15, 0.2) is 5.82 Å². The van der Waals surface area contributed by atoms with Crippen LogP contribution in [0.25, 0.3) is 5.69 Å². The van der Waals surface area contributed by atoms with E-state index in [9.17, 15) is 4.79 Å². The second kappa shape index (κ2) is 7.79. The van der Waals surface area contributed by atoms with Gasteiger partial charge < -0.3 is 9.64 Å². The predicted molar refractivity (Wildman–Crippen MR) is 101 cm³/mol. The van der Waals surface area contributed by atoms with Crippen LogP contribution in [-0.4, -0.2) is 55.0 Å². The van der Waals surface area contributed by atoms with Gasteiger partial charge in [-0.15, -0.1) is 5.10 Å². The Balaban J connectivity index is 1.48. The smallest absolute Gasteiger partial charge is 0.233 e. The van der Waals surface area contributed by atoms with Crippen molar-refractivity contribution in [1.82, 2.24) is 34.9 Å². The molecule has 0 saturated carbocycles. The van der Waals surface area contributed by atoms with Crippen LogP contribution in [0.4, 0.5) is 0 Å². The Morgan fingerprint density at radius 2 is 2.25 bits per heavy atom. The molecule has 1 aliphatic heterocycles. The number of fused-ring (bicyclic) bond motifs is 1. The minimum Gasteiger partial charge on any atom is -0.497 e. The van der Waals surface area contributed by atoms with E-state index in [0.717, 1.165) is 42.8 Å². The SMILES string of the molecule is COc1cccc(-n2cc(CN(C)C(=O)[C@@H]3CCCCn4nnnc43)cn2)c1. The van der Waals surface area contributed by atoms with E-state index in [-0.39, 0.29) is 11.8 Å². The number of hydrogen-bond acceptors (Lipinski definition) is 6. The molecule has 0 bridgehead atoms. The minimum atomic E-state index is -0.295. The summed E-state index contributed by atoms with van der Waals surface area (Å²) in [6, 6.07) is 7.68. The third-order valence-corrected chi connectivity index (χ3v) is 5.03. The van der Waals surface area contributed by atoms with Crippen molar-refractivity contribution in [2.24, 2.45) is 0 Å². The van der Waals surface area contributed by atoms with Gasteiger partial charge in [0, 0.05) is 38.0 Å². The van der Waals surface area contributed by atoms with E-state index >= 15 is 0 Å². The maximum Gasteiger partial charge on any atom is 0.233 e. The molecule has 9 heteroatoms. The first-order chi connectivity index (χ1) is 13.7. The van der Waals surface area contributed by atoms with Gasteiger partial charge in [0.05, 0.1) is 24.9 Å². The molecule has 0 saturated heterocycles. The molecule has 2 aromatic heterocycles. The largest absolute Gasteiger partial charge is 0.497 e. The molecule has 28 heavy (non-hydrogen) atoms. The molecule has 9 nitrogen and oxygen atoms in total. The lowest BCUT2D eigenvalue weighted by Crippen LogP contribution is -2.32. The highest BCUT2D eigenvalue weighted by Crippen LogP contribution is 2.26. The highest BCUT2D eigenvalue weighted by molar-refractivity contribution is 5.82. The minimum absolute atomic E-state index is 0.0343. The summed E-state index contributed by atoms with van der Waals surface area (Å²) in [7, 11) is 3.45. The number of likely N-dealkylation sites (N-methyl/N-ethyl adjacent to an activating group) is 1. The Labute approximate surface area is 162 Å². The predicted octanol–water partition coefficient (Wildman–Crippen LogP) is 1.79. The fourth-order valence-electron chi connectivity index (χ4n) is 3.55. The van der Waals surface area contributed by atoms with Crippen molar-refractivity contribution in [3.63, 3.8) is 0 Å². The summed E-state index contributed by atoms with van der Waals surface area (Å²) in [6.07, 6.45) is 6.44. The first-order valence-corrected chi connectivity index (χ1v) is 9.34. The van der Waals surface area contributed by atoms with Gasteiger partial charge in [-0.2, -0.15) is 5.10 Å². The normalized spacial score (nSPS) is 16.3. The van der Waals surface area contributed by atoms with E-state index in [1.54, 1.807) is 27.6 Å². The molecule has 0 radical (unpaired) electrons. The quantitative estimate of drug-likeness (QED) is 0.669. The fourth-order valence-corrected chi connectivity index (χ4v) is 3.55. The number of carbonyl (C=O) groups is 1. The molecule has 0 fully saturated rings. The monoisotopic (exact) mass is 381 g/mol. The molecular weight excluding hydrogens is 358 g/mol. The van der Waals surface area contributed by atoms with Crippen molar-refractivity contribution in [2.75, 3.05) is 14.2 Å². The molecule has 146 valence electrons. The first kappa shape index (κ1) is 18.1. The van der Waals surface area contributed by atoms with E-state index in [1.807, 2.05) is 37.5 Å². The number of benzene rings is 1. The molecule has 1 atom stereocenters. The van der Waals surface area contributed by atoms with Gasteiger partial charge in [0.2, 0.25) is 5.91 Å². The number of carbonyl (C=O) groups excluding carboxylic acids is 1. The molecule has 3 aromatic rings. The van der Waals surface area contributed by atoms with E-state index < -0.39 is 0 Å². The average Bonchev–Trinajstić information content (AvgIpc) is 3.33. The van der Waals surface area contributed by atoms with Gasteiger partial charge in [0.1, 0.15) is 5.75 Å². The van der Waals surface area contributed by atoms with Crippen molar-refractivity contribution in [2.45, 2.75) is 38.3 Å². The number of nitrogens with zero attached hydrogens (tertiary/aromatic N) is 7. The standard InChI is InChI=1S/C19H23N7O2/c1-24(19(27)17-8-3-4-9-25-18(17)21-22-23-25)12-14-11-20-26(13-14)15-6-5-7-16(10-15)28-2/h5-7,10-11,13,17H,3-4,8-9,12H2,1-2H3/t17-/m1/s1. The Hall–Kier alpha value is -3.23. The third-order valence-electron chi connectivity index (χ3n) is 5.03. The molecule has 0 N–H and O–H groups in total. The summed E-state index contributed by atoms with van der Waals surface area (Å²) in [5, 5.41) is 16.3. The fraction of sp³-hybridized carbons (Fsp3) is 0.421. The molecule has 1 aromatic carbocycles. The number of rotatable bonds is 5. The van der Waals surface area contributed by atoms with Crippen LogP contribution in [0.3, 0.4) is 0 Å². The zero-order valence-electron chi connectivity index (χ0n) is 16.0. The number of tetrazole rings is 1. The van der Waals surface area contributed by atoms with Gasteiger partial charge in [-0.3, -0.25) is 4.79 Å². The molecule has 0 spiro atoms. The second-order valence-corrected chi connectivity index (χ2v) is 7.00. The molecule has 0 unspecified atom stereocenters. The van der Waals surface area contributed by atoms with E-state index in [2.05, 4.69) is 20.6 Å². The van der Waals surface area contributed by atoms with Crippen LogP contribution in [0.15, 0.2) is 36.7 Å². The van der Waals surface area contributed by atoms with E-state index in [4.69, 9.17) is 4.74 Å². The van der Waals surface area contributed by atoms with Crippen LogP contribution in [-0.2, 0) is 17.9 Å². The molecule has 1 aliphatic rings. The lowest BCUT2D eigenvalue weighted by atomic mass is 10.0. The molecular formula is C19H23N7O2. The van der Waals surface area contributed by atoms with Crippen molar-refractivity contribution < 1.29 is 9.53 Å². The van der Waals surface area contributed by atoms with E-state index in [1.165, 1.54) is 0 Å². The van der Waals surface area contributed by atoms with Gasteiger partial charge >= 0.3 is 0 Å². The number of aromatic nitrogens is 6. The number of hydrogen-bond donors (Lipinski definition) is 0.